The first-order chi connectivity index (χ1) is 16.1. The van der Waals surface area contributed by atoms with Gasteiger partial charge in [0.05, 0.1) is 53.2 Å². The predicted molar refractivity (Wildman–Crippen MR) is 133 cm³/mol. The number of amides is 1. The zero-order valence-corrected chi connectivity index (χ0v) is 21.2. The third-order valence-electron chi connectivity index (χ3n) is 4.62. The molecule has 12 heteroatoms. The van der Waals surface area contributed by atoms with Gasteiger partial charge in [0.1, 0.15) is 17.2 Å². The molecular weight excluding hydrogens is 527 g/mol. The lowest BCUT2D eigenvalue weighted by Crippen LogP contribution is -2.16. The van der Waals surface area contributed by atoms with Crippen molar-refractivity contribution in [3.63, 3.8) is 0 Å². The van der Waals surface area contributed by atoms with Gasteiger partial charge in [-0.2, -0.15) is 0 Å². The van der Waals surface area contributed by atoms with Crippen LogP contribution in [0.25, 0.3) is 0 Å². The maximum Gasteiger partial charge on any atom is 0.262 e. The summed E-state index contributed by atoms with van der Waals surface area (Å²) in [6, 6.07) is 11.2. The number of ether oxygens (including phenoxy) is 3. The number of anilines is 2. The Labute approximate surface area is 211 Å². The molecule has 2 N–H and O–H groups in total. The maximum absolute atomic E-state index is 13.1. The minimum absolute atomic E-state index is 0.109. The topological polar surface area (TPSA) is 103 Å². The Balaban J connectivity index is 1.96. The highest BCUT2D eigenvalue weighted by Gasteiger charge is 2.21. The van der Waals surface area contributed by atoms with Gasteiger partial charge in [-0.1, -0.05) is 34.8 Å². The summed E-state index contributed by atoms with van der Waals surface area (Å²) in [5, 5.41) is 3.37. The largest absolute Gasteiger partial charge is 0.495 e. The Morgan fingerprint density at radius 2 is 1.44 bits per heavy atom. The van der Waals surface area contributed by atoms with Crippen molar-refractivity contribution in [1.29, 1.82) is 0 Å². The quantitative estimate of drug-likeness (QED) is 0.375. The van der Waals surface area contributed by atoms with Crippen LogP contribution in [0, 0.1) is 0 Å². The molecule has 0 spiro atoms. The van der Waals surface area contributed by atoms with Gasteiger partial charge in [0.2, 0.25) is 0 Å². The molecule has 0 aliphatic heterocycles. The molecule has 0 heterocycles. The van der Waals surface area contributed by atoms with Crippen LogP contribution in [0.15, 0.2) is 53.4 Å². The summed E-state index contributed by atoms with van der Waals surface area (Å²) in [5.41, 5.74) is 0.373. The van der Waals surface area contributed by atoms with Crippen LogP contribution in [0.1, 0.15) is 10.4 Å². The number of hydrogen-bond donors (Lipinski definition) is 2. The summed E-state index contributed by atoms with van der Waals surface area (Å²) in [5.74, 6) is 0.103. The van der Waals surface area contributed by atoms with E-state index in [1.165, 1.54) is 69.9 Å². The molecule has 0 atom stereocenters. The van der Waals surface area contributed by atoms with Crippen LogP contribution >= 0.6 is 34.8 Å². The second-order valence-electron chi connectivity index (χ2n) is 6.73. The average molecular weight is 546 g/mol. The number of hydrogen-bond acceptors (Lipinski definition) is 6. The van der Waals surface area contributed by atoms with E-state index >= 15 is 0 Å². The summed E-state index contributed by atoms with van der Waals surface area (Å²) in [6.45, 7) is 0. The molecule has 0 fully saturated rings. The molecule has 0 aliphatic rings. The van der Waals surface area contributed by atoms with E-state index in [0.717, 1.165) is 0 Å². The fraction of sp³-hybridized carbons (Fsp3) is 0.136. The van der Waals surface area contributed by atoms with Crippen molar-refractivity contribution in [3.05, 3.63) is 69.2 Å². The maximum atomic E-state index is 13.1. The van der Waals surface area contributed by atoms with Gasteiger partial charge in [0.25, 0.3) is 15.9 Å². The van der Waals surface area contributed by atoms with E-state index in [1.54, 1.807) is 0 Å². The van der Waals surface area contributed by atoms with Crippen molar-refractivity contribution < 1.29 is 27.4 Å². The summed E-state index contributed by atoms with van der Waals surface area (Å²) in [6.07, 6.45) is 0. The molecule has 0 saturated heterocycles. The van der Waals surface area contributed by atoms with Gasteiger partial charge in [0.15, 0.2) is 0 Å². The van der Waals surface area contributed by atoms with Crippen LogP contribution in [0.3, 0.4) is 0 Å². The van der Waals surface area contributed by atoms with E-state index in [1.807, 2.05) is 0 Å². The molecular formula is C22H19Cl3N2O6S. The molecule has 0 saturated carbocycles. The molecule has 8 nitrogen and oxygen atoms in total. The molecule has 3 aromatic rings. The Bertz CT molecular complexity index is 1350. The van der Waals surface area contributed by atoms with Crippen molar-refractivity contribution in [2.24, 2.45) is 0 Å². The molecule has 34 heavy (non-hydrogen) atoms. The van der Waals surface area contributed by atoms with Crippen LogP contribution < -0.4 is 24.2 Å². The highest BCUT2D eigenvalue weighted by molar-refractivity contribution is 7.92. The normalized spacial score (nSPS) is 11.0. The second kappa shape index (κ2) is 10.6. The van der Waals surface area contributed by atoms with Gasteiger partial charge in [-0.25, -0.2) is 8.42 Å². The van der Waals surface area contributed by atoms with E-state index in [4.69, 9.17) is 49.0 Å². The molecule has 0 bridgehead atoms. The average Bonchev–Trinajstić information content (AvgIpc) is 2.79. The molecule has 3 aromatic carbocycles. The first kappa shape index (κ1) is 25.8. The standard InChI is InChI=1S/C22H19Cl3N2O6S/c1-31-19-7-5-13(9-17(19)26-22(28)14-6-4-12(23)8-15(14)24)34(29,30)27-18-11-20(32-2)16(25)10-21(18)33-3/h4-11,27H,1-3H3,(H,26,28). The first-order valence-corrected chi connectivity index (χ1v) is 12.1. The highest BCUT2D eigenvalue weighted by atomic mass is 35.5. The number of carbonyl (C=O) groups is 1. The summed E-state index contributed by atoms with van der Waals surface area (Å²) in [7, 11) is 0.0360. The lowest BCUT2D eigenvalue weighted by atomic mass is 10.2. The molecule has 0 unspecified atom stereocenters. The summed E-state index contributed by atoms with van der Waals surface area (Å²) >= 11 is 18.1. The number of halogens is 3. The third kappa shape index (κ3) is 5.61. The zero-order chi connectivity index (χ0) is 25.0. The predicted octanol–water partition coefficient (Wildman–Crippen LogP) is 5.73. The van der Waals surface area contributed by atoms with Gasteiger partial charge in [0, 0.05) is 17.2 Å². The SMILES string of the molecule is COc1cc(NS(=O)(=O)c2ccc(OC)c(NC(=O)c3ccc(Cl)cc3Cl)c2)c(OC)cc1Cl. The lowest BCUT2D eigenvalue weighted by Gasteiger charge is -2.16. The highest BCUT2D eigenvalue weighted by Crippen LogP contribution is 2.37. The number of methoxy groups -OCH3 is 3. The molecule has 3 rings (SSSR count). The number of sulfonamides is 1. The number of rotatable bonds is 8. The van der Waals surface area contributed by atoms with Gasteiger partial charge in [-0.15, -0.1) is 0 Å². The summed E-state index contributed by atoms with van der Waals surface area (Å²) in [4.78, 5) is 12.6. The Morgan fingerprint density at radius 3 is 2.06 bits per heavy atom. The molecule has 180 valence electrons. The smallest absolute Gasteiger partial charge is 0.262 e. The minimum Gasteiger partial charge on any atom is -0.495 e. The van der Waals surface area contributed by atoms with Crippen LogP contribution in [-0.2, 0) is 10.0 Å². The van der Waals surface area contributed by atoms with Gasteiger partial charge in [-0.3, -0.25) is 9.52 Å². The van der Waals surface area contributed by atoms with Crippen LogP contribution in [0.5, 0.6) is 17.2 Å². The Kier molecular flexibility index (Phi) is 8.04. The molecule has 1 amide bonds. The van der Waals surface area contributed by atoms with Crippen molar-refractivity contribution in [1.82, 2.24) is 0 Å². The van der Waals surface area contributed by atoms with Crippen molar-refractivity contribution in [2.75, 3.05) is 31.4 Å². The van der Waals surface area contributed by atoms with E-state index in [-0.39, 0.29) is 49.1 Å². The van der Waals surface area contributed by atoms with Gasteiger partial charge in [-0.05, 0) is 36.4 Å². The van der Waals surface area contributed by atoms with Crippen LogP contribution in [0.2, 0.25) is 15.1 Å². The molecule has 0 radical (unpaired) electrons. The number of nitrogens with one attached hydrogen (secondary N) is 2. The van der Waals surface area contributed by atoms with E-state index in [0.29, 0.717) is 5.02 Å². The minimum atomic E-state index is -4.12. The van der Waals surface area contributed by atoms with Crippen molar-refractivity contribution in [3.8, 4) is 17.2 Å². The fourth-order valence-electron chi connectivity index (χ4n) is 2.96. The van der Waals surface area contributed by atoms with Gasteiger partial charge < -0.3 is 19.5 Å². The van der Waals surface area contributed by atoms with E-state index in [2.05, 4.69) is 10.0 Å². The molecule has 0 aromatic heterocycles. The van der Waals surface area contributed by atoms with Gasteiger partial charge >= 0.3 is 0 Å². The monoisotopic (exact) mass is 544 g/mol. The fourth-order valence-corrected chi connectivity index (χ4v) is 4.77. The van der Waals surface area contributed by atoms with E-state index in [9.17, 15) is 13.2 Å². The van der Waals surface area contributed by atoms with Crippen LogP contribution in [-0.4, -0.2) is 35.7 Å². The Hall–Kier alpha value is -2.85. The first-order valence-electron chi connectivity index (χ1n) is 9.48. The number of benzene rings is 3. The number of carbonyl (C=O) groups excluding carboxylic acids is 1. The second-order valence-corrected chi connectivity index (χ2v) is 9.67. The third-order valence-corrected chi connectivity index (χ3v) is 6.83. The summed E-state index contributed by atoms with van der Waals surface area (Å²) < 4.78 is 44.3. The van der Waals surface area contributed by atoms with Crippen molar-refractivity contribution >= 4 is 62.1 Å². The molecule has 0 aliphatic carbocycles. The van der Waals surface area contributed by atoms with Crippen LogP contribution in [0.4, 0.5) is 11.4 Å². The lowest BCUT2D eigenvalue weighted by molar-refractivity contribution is 0.102. The van der Waals surface area contributed by atoms with Crippen molar-refractivity contribution in [2.45, 2.75) is 4.90 Å². The Morgan fingerprint density at radius 1 is 0.765 bits per heavy atom. The van der Waals surface area contributed by atoms with E-state index < -0.39 is 15.9 Å². The zero-order valence-electron chi connectivity index (χ0n) is 18.1.